The van der Waals surface area contributed by atoms with Crippen LogP contribution in [0.15, 0.2) is 60.9 Å². The summed E-state index contributed by atoms with van der Waals surface area (Å²) in [5.74, 6) is -1.52. The lowest BCUT2D eigenvalue weighted by molar-refractivity contribution is -0.119. The van der Waals surface area contributed by atoms with Gasteiger partial charge in [0.15, 0.2) is 6.61 Å². The molecule has 2 aromatic carbocycles. The van der Waals surface area contributed by atoms with Gasteiger partial charge in [0, 0.05) is 19.8 Å². The Labute approximate surface area is 173 Å². The van der Waals surface area contributed by atoms with Crippen molar-refractivity contribution in [1.29, 1.82) is 0 Å². The monoisotopic (exact) mass is 406 g/mol. The van der Waals surface area contributed by atoms with Gasteiger partial charge in [-0.05, 0) is 24.6 Å². The van der Waals surface area contributed by atoms with Crippen molar-refractivity contribution in [3.05, 3.63) is 83.2 Å². The number of anilines is 1. The number of nitrogens with zero attached hydrogens (tertiary/aromatic N) is 2. The van der Waals surface area contributed by atoms with Crippen LogP contribution >= 0.6 is 0 Å². The molecule has 2 amide bonds. The van der Waals surface area contributed by atoms with Gasteiger partial charge in [0.1, 0.15) is 0 Å². The van der Waals surface area contributed by atoms with Crippen molar-refractivity contribution in [3.63, 3.8) is 0 Å². The van der Waals surface area contributed by atoms with E-state index in [0.717, 1.165) is 11.1 Å². The SMILES string of the molecule is Cc1ccc(CNC(=O)c2ccccc2NC(=O)COC(=O)c2cnn(C)c2)cc1. The van der Waals surface area contributed by atoms with E-state index in [1.807, 2.05) is 31.2 Å². The third-order valence-corrected chi connectivity index (χ3v) is 4.29. The zero-order valence-corrected chi connectivity index (χ0v) is 16.7. The van der Waals surface area contributed by atoms with Crippen LogP contribution in [0.1, 0.15) is 31.8 Å². The van der Waals surface area contributed by atoms with Crippen molar-refractivity contribution in [1.82, 2.24) is 15.1 Å². The number of aromatic nitrogens is 2. The number of para-hydroxylation sites is 1. The lowest BCUT2D eigenvalue weighted by Gasteiger charge is -2.12. The van der Waals surface area contributed by atoms with E-state index in [9.17, 15) is 14.4 Å². The van der Waals surface area contributed by atoms with Crippen molar-refractivity contribution in [3.8, 4) is 0 Å². The van der Waals surface area contributed by atoms with Crippen molar-refractivity contribution in [2.75, 3.05) is 11.9 Å². The van der Waals surface area contributed by atoms with Crippen molar-refractivity contribution < 1.29 is 19.1 Å². The molecule has 2 N–H and O–H groups in total. The highest BCUT2D eigenvalue weighted by atomic mass is 16.5. The second-order valence-electron chi connectivity index (χ2n) is 6.74. The number of carbonyl (C=O) groups is 3. The number of hydrogen-bond donors (Lipinski definition) is 2. The van der Waals surface area contributed by atoms with Crippen LogP contribution in [0.25, 0.3) is 0 Å². The second-order valence-corrected chi connectivity index (χ2v) is 6.74. The number of hydrogen-bond acceptors (Lipinski definition) is 5. The van der Waals surface area contributed by atoms with Gasteiger partial charge in [-0.15, -0.1) is 0 Å². The number of amides is 2. The molecule has 0 saturated heterocycles. The number of benzene rings is 2. The fourth-order valence-corrected chi connectivity index (χ4v) is 2.70. The quantitative estimate of drug-likeness (QED) is 0.587. The number of aryl methyl sites for hydroxylation is 2. The van der Waals surface area contributed by atoms with E-state index in [1.165, 1.54) is 17.1 Å². The molecule has 8 nitrogen and oxygen atoms in total. The molecular weight excluding hydrogens is 384 g/mol. The van der Waals surface area contributed by atoms with Gasteiger partial charge < -0.3 is 15.4 Å². The summed E-state index contributed by atoms with van der Waals surface area (Å²) in [6.45, 7) is 1.88. The van der Waals surface area contributed by atoms with Gasteiger partial charge in [0.2, 0.25) is 0 Å². The van der Waals surface area contributed by atoms with Gasteiger partial charge in [0.25, 0.3) is 11.8 Å². The predicted molar refractivity (Wildman–Crippen MR) is 111 cm³/mol. The summed E-state index contributed by atoms with van der Waals surface area (Å²) < 4.78 is 6.45. The average molecular weight is 406 g/mol. The standard InChI is InChI=1S/C22H22N4O4/c1-15-7-9-16(10-8-15)11-23-21(28)18-5-3-4-6-19(18)25-20(27)14-30-22(29)17-12-24-26(2)13-17/h3-10,12-13H,11,14H2,1-2H3,(H,23,28)(H,25,27). The van der Waals surface area contributed by atoms with Crippen LogP contribution < -0.4 is 10.6 Å². The Morgan fingerprint density at radius 1 is 1.07 bits per heavy atom. The minimum Gasteiger partial charge on any atom is -0.452 e. The summed E-state index contributed by atoms with van der Waals surface area (Å²) in [4.78, 5) is 36.7. The maximum absolute atomic E-state index is 12.6. The molecule has 3 rings (SSSR count). The number of ether oxygens (including phenoxy) is 1. The number of rotatable bonds is 7. The first-order chi connectivity index (χ1) is 14.4. The smallest absolute Gasteiger partial charge is 0.341 e. The lowest BCUT2D eigenvalue weighted by Crippen LogP contribution is -2.26. The molecule has 0 fully saturated rings. The Morgan fingerprint density at radius 3 is 2.50 bits per heavy atom. The van der Waals surface area contributed by atoms with Crippen molar-refractivity contribution in [2.45, 2.75) is 13.5 Å². The summed E-state index contributed by atoms with van der Waals surface area (Å²) in [6, 6.07) is 14.5. The molecule has 0 aliphatic rings. The minimum absolute atomic E-state index is 0.251. The molecule has 0 saturated carbocycles. The Morgan fingerprint density at radius 2 is 1.80 bits per heavy atom. The molecule has 0 spiro atoms. The Balaban J connectivity index is 1.57. The summed E-state index contributed by atoms with van der Waals surface area (Å²) >= 11 is 0. The van der Waals surface area contributed by atoms with E-state index in [2.05, 4.69) is 15.7 Å². The van der Waals surface area contributed by atoms with Gasteiger partial charge in [-0.1, -0.05) is 42.0 Å². The zero-order valence-electron chi connectivity index (χ0n) is 16.7. The highest BCUT2D eigenvalue weighted by Crippen LogP contribution is 2.15. The fourth-order valence-electron chi connectivity index (χ4n) is 2.70. The average Bonchev–Trinajstić information content (AvgIpc) is 3.18. The van der Waals surface area contributed by atoms with E-state index < -0.39 is 18.5 Å². The first kappa shape index (κ1) is 20.8. The largest absolute Gasteiger partial charge is 0.452 e. The molecule has 0 unspecified atom stereocenters. The van der Waals surface area contributed by atoms with Gasteiger partial charge >= 0.3 is 5.97 Å². The minimum atomic E-state index is -0.651. The van der Waals surface area contributed by atoms with Crippen LogP contribution in [0, 0.1) is 6.92 Å². The van der Waals surface area contributed by atoms with Crippen LogP contribution in [0.4, 0.5) is 5.69 Å². The highest BCUT2D eigenvalue weighted by Gasteiger charge is 2.15. The van der Waals surface area contributed by atoms with Crippen LogP contribution in [-0.2, 0) is 23.1 Å². The molecule has 0 atom stereocenters. The third kappa shape index (κ3) is 5.54. The Hall–Kier alpha value is -3.94. The molecule has 0 aliphatic carbocycles. The molecule has 8 heteroatoms. The Kier molecular flexibility index (Phi) is 6.59. The number of carbonyl (C=O) groups excluding carboxylic acids is 3. The fraction of sp³-hybridized carbons (Fsp3) is 0.182. The first-order valence-electron chi connectivity index (χ1n) is 9.31. The molecule has 154 valence electrons. The summed E-state index contributed by atoms with van der Waals surface area (Å²) in [7, 11) is 1.67. The molecule has 0 bridgehead atoms. The van der Waals surface area contributed by atoms with Crippen molar-refractivity contribution >= 4 is 23.5 Å². The number of nitrogens with one attached hydrogen (secondary N) is 2. The maximum Gasteiger partial charge on any atom is 0.341 e. The van der Waals surface area contributed by atoms with Crippen LogP contribution in [0.5, 0.6) is 0 Å². The van der Waals surface area contributed by atoms with Crippen molar-refractivity contribution in [2.24, 2.45) is 7.05 Å². The van der Waals surface area contributed by atoms with Crippen LogP contribution in [-0.4, -0.2) is 34.2 Å². The third-order valence-electron chi connectivity index (χ3n) is 4.29. The van der Waals surface area contributed by atoms with Gasteiger partial charge in [0.05, 0.1) is 23.0 Å². The van der Waals surface area contributed by atoms with E-state index in [-0.39, 0.29) is 11.5 Å². The second kappa shape index (κ2) is 9.51. The molecule has 1 aromatic heterocycles. The molecule has 0 radical (unpaired) electrons. The normalized spacial score (nSPS) is 10.3. The number of esters is 1. The van der Waals surface area contributed by atoms with E-state index in [4.69, 9.17) is 4.74 Å². The zero-order chi connectivity index (χ0) is 21.5. The van der Waals surface area contributed by atoms with Gasteiger partial charge in [-0.3, -0.25) is 14.3 Å². The van der Waals surface area contributed by atoms with E-state index in [1.54, 1.807) is 31.3 Å². The molecule has 1 heterocycles. The Bertz CT molecular complexity index is 1060. The van der Waals surface area contributed by atoms with Gasteiger partial charge in [-0.25, -0.2) is 4.79 Å². The summed E-state index contributed by atoms with van der Waals surface area (Å²) in [5, 5.41) is 9.33. The highest BCUT2D eigenvalue weighted by molar-refractivity contribution is 6.04. The van der Waals surface area contributed by atoms with E-state index >= 15 is 0 Å². The topological polar surface area (TPSA) is 102 Å². The molecule has 3 aromatic rings. The van der Waals surface area contributed by atoms with E-state index in [0.29, 0.717) is 17.8 Å². The van der Waals surface area contributed by atoms with Crippen LogP contribution in [0.2, 0.25) is 0 Å². The molecular formula is C22H22N4O4. The summed E-state index contributed by atoms with van der Waals surface area (Å²) in [6.07, 6.45) is 2.85. The molecule has 30 heavy (non-hydrogen) atoms. The first-order valence-corrected chi connectivity index (χ1v) is 9.31. The lowest BCUT2D eigenvalue weighted by atomic mass is 10.1. The predicted octanol–water partition coefficient (Wildman–Crippen LogP) is 2.45. The molecule has 0 aliphatic heterocycles. The summed E-state index contributed by atoms with van der Waals surface area (Å²) in [5.41, 5.74) is 3.01. The van der Waals surface area contributed by atoms with Crippen LogP contribution in [0.3, 0.4) is 0 Å². The van der Waals surface area contributed by atoms with Gasteiger partial charge in [-0.2, -0.15) is 5.10 Å². The maximum atomic E-state index is 12.6.